The molecule has 1 aliphatic carbocycles. The molecule has 0 atom stereocenters. The molecule has 6 heteroatoms. The van der Waals surface area contributed by atoms with Gasteiger partial charge in [-0.15, -0.1) is 0 Å². The summed E-state index contributed by atoms with van der Waals surface area (Å²) in [6.45, 7) is 0.461. The predicted octanol–water partition coefficient (Wildman–Crippen LogP) is 2.13. The average molecular weight is 265 g/mol. The molecule has 0 unspecified atom stereocenters. The molecule has 2 N–H and O–H groups in total. The van der Waals surface area contributed by atoms with Gasteiger partial charge in [0.05, 0.1) is 11.2 Å². The molecule has 0 saturated heterocycles. The Morgan fingerprint density at radius 1 is 1.61 bits per heavy atom. The van der Waals surface area contributed by atoms with E-state index >= 15 is 0 Å². The third-order valence-electron chi connectivity index (χ3n) is 3.00. The molecule has 2 aromatic heterocycles. The summed E-state index contributed by atoms with van der Waals surface area (Å²) >= 11 is 5.97. The van der Waals surface area contributed by atoms with Crippen molar-refractivity contribution in [3.8, 4) is 0 Å². The topological polar surface area (TPSA) is 62.7 Å². The van der Waals surface area contributed by atoms with Gasteiger partial charge in [0.15, 0.2) is 0 Å². The fraction of sp³-hybridized carbons (Fsp3) is 0.333. The predicted molar refractivity (Wildman–Crippen MR) is 67.5 cm³/mol. The van der Waals surface area contributed by atoms with E-state index in [4.69, 9.17) is 11.6 Å². The van der Waals surface area contributed by atoms with E-state index in [0.717, 1.165) is 18.4 Å². The number of halogens is 1. The lowest BCUT2D eigenvalue weighted by atomic mass is 10.3. The maximum atomic E-state index is 12.1. The van der Waals surface area contributed by atoms with E-state index in [1.165, 1.54) is 0 Å². The summed E-state index contributed by atoms with van der Waals surface area (Å²) < 4.78 is 1.97. The summed E-state index contributed by atoms with van der Waals surface area (Å²) in [6, 6.07) is 2.15. The molecule has 0 radical (unpaired) electrons. The van der Waals surface area contributed by atoms with Crippen LogP contribution in [0.1, 0.15) is 34.9 Å². The van der Waals surface area contributed by atoms with Crippen molar-refractivity contribution in [3.05, 3.63) is 40.9 Å². The number of H-pyrrole nitrogens is 1. The van der Waals surface area contributed by atoms with Gasteiger partial charge in [0.2, 0.25) is 0 Å². The summed E-state index contributed by atoms with van der Waals surface area (Å²) in [6.07, 6.45) is 7.51. The molecule has 0 spiro atoms. The lowest BCUT2D eigenvalue weighted by molar-refractivity contribution is 0.0941. The van der Waals surface area contributed by atoms with Gasteiger partial charge in [0, 0.05) is 30.5 Å². The van der Waals surface area contributed by atoms with Crippen molar-refractivity contribution in [1.82, 2.24) is 20.1 Å². The summed E-state index contributed by atoms with van der Waals surface area (Å²) in [5.74, 6) is -0.102. The molecule has 0 bridgehead atoms. The zero-order valence-electron chi connectivity index (χ0n) is 9.69. The number of carbonyl (C=O) groups is 1. The second-order valence-electron chi connectivity index (χ2n) is 4.47. The highest BCUT2D eigenvalue weighted by atomic mass is 35.5. The van der Waals surface area contributed by atoms with Crippen molar-refractivity contribution in [2.45, 2.75) is 25.4 Å². The Morgan fingerprint density at radius 2 is 2.44 bits per heavy atom. The zero-order chi connectivity index (χ0) is 12.5. The van der Waals surface area contributed by atoms with Crippen LogP contribution < -0.4 is 5.32 Å². The molecule has 94 valence electrons. The molecule has 0 aliphatic heterocycles. The second kappa shape index (κ2) is 4.49. The number of nitrogens with one attached hydrogen (secondary N) is 2. The SMILES string of the molecule is O=C(NCc1cn[nH]c1)c1cc(Cl)cn1C1CC1. The van der Waals surface area contributed by atoms with Crippen LogP contribution in [0.3, 0.4) is 0 Å². The highest BCUT2D eigenvalue weighted by molar-refractivity contribution is 6.31. The Morgan fingerprint density at radius 3 is 3.11 bits per heavy atom. The minimum absolute atomic E-state index is 0.102. The van der Waals surface area contributed by atoms with Crippen LogP contribution in [-0.2, 0) is 6.54 Å². The van der Waals surface area contributed by atoms with Gasteiger partial charge in [0.1, 0.15) is 5.69 Å². The van der Waals surface area contributed by atoms with E-state index in [0.29, 0.717) is 23.3 Å². The fourth-order valence-electron chi connectivity index (χ4n) is 1.93. The number of hydrogen-bond donors (Lipinski definition) is 2. The molecule has 3 rings (SSSR count). The Balaban J connectivity index is 1.71. The summed E-state index contributed by atoms with van der Waals surface area (Å²) in [7, 11) is 0. The quantitative estimate of drug-likeness (QED) is 0.889. The molecule has 18 heavy (non-hydrogen) atoms. The molecule has 1 aliphatic rings. The van der Waals surface area contributed by atoms with Crippen molar-refractivity contribution in [2.75, 3.05) is 0 Å². The van der Waals surface area contributed by atoms with Gasteiger partial charge in [-0.2, -0.15) is 5.10 Å². The summed E-state index contributed by atoms with van der Waals surface area (Å²) in [5, 5.41) is 10.0. The highest BCUT2D eigenvalue weighted by Gasteiger charge is 2.27. The van der Waals surface area contributed by atoms with Crippen LogP contribution in [-0.4, -0.2) is 20.7 Å². The number of aromatic amines is 1. The van der Waals surface area contributed by atoms with Gasteiger partial charge in [0.25, 0.3) is 5.91 Å². The lowest BCUT2D eigenvalue weighted by Crippen LogP contribution is -2.25. The molecule has 0 aromatic carbocycles. The number of amides is 1. The van der Waals surface area contributed by atoms with Crippen LogP contribution in [0.15, 0.2) is 24.7 Å². The van der Waals surface area contributed by atoms with E-state index in [1.54, 1.807) is 18.5 Å². The molecule has 1 fully saturated rings. The first-order valence-electron chi connectivity index (χ1n) is 5.87. The standard InChI is InChI=1S/C12H13ClN4O/c13-9-3-11(17(7-9)10-1-2-10)12(18)14-4-8-5-15-16-6-8/h3,5-7,10H,1-2,4H2,(H,14,18)(H,15,16). The third-order valence-corrected chi connectivity index (χ3v) is 3.20. The number of rotatable bonds is 4. The van der Waals surface area contributed by atoms with Gasteiger partial charge >= 0.3 is 0 Å². The van der Waals surface area contributed by atoms with Crippen molar-refractivity contribution in [1.29, 1.82) is 0 Å². The monoisotopic (exact) mass is 264 g/mol. The van der Waals surface area contributed by atoms with Gasteiger partial charge in [-0.3, -0.25) is 9.89 Å². The van der Waals surface area contributed by atoms with E-state index in [1.807, 2.05) is 10.8 Å². The minimum Gasteiger partial charge on any atom is -0.347 e. The zero-order valence-corrected chi connectivity index (χ0v) is 10.4. The summed E-state index contributed by atoms with van der Waals surface area (Å²) in [5.41, 5.74) is 1.57. The molecule has 2 heterocycles. The smallest absolute Gasteiger partial charge is 0.268 e. The number of hydrogen-bond acceptors (Lipinski definition) is 2. The van der Waals surface area contributed by atoms with E-state index in [2.05, 4.69) is 15.5 Å². The van der Waals surface area contributed by atoms with Gasteiger partial charge in [-0.1, -0.05) is 11.6 Å². The Labute approximate surface area is 109 Å². The van der Waals surface area contributed by atoms with Crippen LogP contribution in [0.4, 0.5) is 0 Å². The van der Waals surface area contributed by atoms with E-state index in [9.17, 15) is 4.79 Å². The van der Waals surface area contributed by atoms with Crippen LogP contribution in [0, 0.1) is 0 Å². The van der Waals surface area contributed by atoms with Crippen molar-refractivity contribution in [3.63, 3.8) is 0 Å². The van der Waals surface area contributed by atoms with Crippen molar-refractivity contribution >= 4 is 17.5 Å². The first kappa shape index (κ1) is 11.3. The second-order valence-corrected chi connectivity index (χ2v) is 4.91. The Kier molecular flexibility index (Phi) is 2.83. The van der Waals surface area contributed by atoms with Crippen LogP contribution in [0.25, 0.3) is 0 Å². The molecule has 1 saturated carbocycles. The molecule has 5 nitrogen and oxygen atoms in total. The Bertz CT molecular complexity index is 557. The van der Waals surface area contributed by atoms with Crippen molar-refractivity contribution in [2.24, 2.45) is 0 Å². The van der Waals surface area contributed by atoms with E-state index < -0.39 is 0 Å². The maximum absolute atomic E-state index is 12.1. The molecular weight excluding hydrogens is 252 g/mol. The normalized spacial score (nSPS) is 14.7. The van der Waals surface area contributed by atoms with Crippen LogP contribution >= 0.6 is 11.6 Å². The van der Waals surface area contributed by atoms with Gasteiger partial charge < -0.3 is 9.88 Å². The first-order chi connectivity index (χ1) is 8.74. The van der Waals surface area contributed by atoms with Crippen LogP contribution in [0.5, 0.6) is 0 Å². The van der Waals surface area contributed by atoms with Crippen LogP contribution in [0.2, 0.25) is 5.02 Å². The maximum Gasteiger partial charge on any atom is 0.268 e. The molecular formula is C12H13ClN4O. The number of carbonyl (C=O) groups excluding carboxylic acids is 1. The highest BCUT2D eigenvalue weighted by Crippen LogP contribution is 2.37. The first-order valence-corrected chi connectivity index (χ1v) is 6.25. The van der Waals surface area contributed by atoms with Gasteiger partial charge in [-0.25, -0.2) is 0 Å². The molecule has 1 amide bonds. The Hall–Kier alpha value is -1.75. The number of nitrogens with zero attached hydrogens (tertiary/aromatic N) is 2. The fourth-order valence-corrected chi connectivity index (χ4v) is 2.14. The van der Waals surface area contributed by atoms with Gasteiger partial charge in [-0.05, 0) is 18.9 Å². The van der Waals surface area contributed by atoms with E-state index in [-0.39, 0.29) is 5.91 Å². The minimum atomic E-state index is -0.102. The largest absolute Gasteiger partial charge is 0.347 e. The lowest BCUT2D eigenvalue weighted by Gasteiger charge is -2.07. The average Bonchev–Trinajstić information content (AvgIpc) is 2.92. The number of aromatic nitrogens is 3. The third kappa shape index (κ3) is 2.26. The van der Waals surface area contributed by atoms with Crippen molar-refractivity contribution < 1.29 is 4.79 Å². The molecule has 2 aromatic rings. The summed E-state index contributed by atoms with van der Waals surface area (Å²) in [4.78, 5) is 12.1.